The second kappa shape index (κ2) is 6.49. The van der Waals surface area contributed by atoms with Crippen LogP contribution in [-0.2, 0) is 10.3 Å². The molecule has 3 aromatic carbocycles. The number of alkyl halides is 1. The standard InChI is InChI=1S/C22H18BrNO/c1-22(15-23)19-14-18(16-8-4-2-5-9-16)12-13-20(19)24-21(25-22)17-10-6-3-7-11-17/h2-14H,15H2,1H3. The number of hydrogen-bond donors (Lipinski definition) is 0. The largest absolute Gasteiger partial charge is 0.465 e. The quantitative estimate of drug-likeness (QED) is 0.496. The van der Waals surface area contributed by atoms with Gasteiger partial charge in [0.25, 0.3) is 0 Å². The van der Waals surface area contributed by atoms with Gasteiger partial charge in [-0.05, 0) is 42.3 Å². The summed E-state index contributed by atoms with van der Waals surface area (Å²) in [6, 6.07) is 26.8. The van der Waals surface area contributed by atoms with Gasteiger partial charge < -0.3 is 4.74 Å². The molecule has 25 heavy (non-hydrogen) atoms. The lowest BCUT2D eigenvalue weighted by atomic mass is 9.91. The molecule has 0 N–H and O–H groups in total. The van der Waals surface area contributed by atoms with E-state index >= 15 is 0 Å². The smallest absolute Gasteiger partial charge is 0.222 e. The molecule has 1 aliphatic rings. The van der Waals surface area contributed by atoms with Crippen molar-refractivity contribution in [2.45, 2.75) is 12.5 Å². The molecule has 124 valence electrons. The van der Waals surface area contributed by atoms with Crippen molar-refractivity contribution in [1.82, 2.24) is 0 Å². The van der Waals surface area contributed by atoms with E-state index in [0.717, 1.165) is 16.8 Å². The first kappa shape index (κ1) is 16.1. The highest BCUT2D eigenvalue weighted by Gasteiger charge is 2.35. The number of ether oxygens (including phenoxy) is 1. The molecule has 1 unspecified atom stereocenters. The maximum absolute atomic E-state index is 6.33. The molecular formula is C22H18BrNO. The van der Waals surface area contributed by atoms with Crippen LogP contribution in [0.25, 0.3) is 11.1 Å². The van der Waals surface area contributed by atoms with Gasteiger partial charge in [-0.15, -0.1) is 0 Å². The van der Waals surface area contributed by atoms with E-state index in [4.69, 9.17) is 9.73 Å². The van der Waals surface area contributed by atoms with Crippen LogP contribution in [0.1, 0.15) is 18.1 Å². The molecule has 4 rings (SSSR count). The molecule has 1 atom stereocenters. The van der Waals surface area contributed by atoms with Crippen LogP contribution in [0.4, 0.5) is 5.69 Å². The van der Waals surface area contributed by atoms with Gasteiger partial charge in [-0.25, -0.2) is 4.99 Å². The summed E-state index contributed by atoms with van der Waals surface area (Å²) < 4.78 is 6.33. The number of aliphatic imine (C=N–C) groups is 1. The summed E-state index contributed by atoms with van der Waals surface area (Å²) in [5.41, 5.74) is 4.96. The van der Waals surface area contributed by atoms with E-state index in [1.165, 1.54) is 11.1 Å². The van der Waals surface area contributed by atoms with Crippen LogP contribution in [0.3, 0.4) is 0 Å². The molecule has 2 nitrogen and oxygen atoms in total. The Labute approximate surface area is 156 Å². The third-order valence-electron chi connectivity index (χ3n) is 4.49. The van der Waals surface area contributed by atoms with Crippen LogP contribution in [0.15, 0.2) is 83.9 Å². The molecule has 0 aliphatic carbocycles. The molecule has 0 radical (unpaired) electrons. The fraction of sp³-hybridized carbons (Fsp3) is 0.136. The zero-order valence-electron chi connectivity index (χ0n) is 13.9. The predicted octanol–water partition coefficient (Wildman–Crippen LogP) is 6.07. The Morgan fingerprint density at radius 2 is 1.48 bits per heavy atom. The Balaban J connectivity index is 1.84. The van der Waals surface area contributed by atoms with E-state index in [-0.39, 0.29) is 0 Å². The molecule has 0 saturated heterocycles. The fourth-order valence-corrected chi connectivity index (χ4v) is 3.49. The Hall–Kier alpha value is -2.39. The van der Waals surface area contributed by atoms with Gasteiger partial charge in [-0.2, -0.15) is 0 Å². The molecular weight excluding hydrogens is 374 g/mol. The zero-order valence-corrected chi connectivity index (χ0v) is 15.5. The average molecular weight is 392 g/mol. The van der Waals surface area contributed by atoms with Crippen molar-refractivity contribution in [3.05, 3.63) is 90.0 Å². The van der Waals surface area contributed by atoms with E-state index in [1.54, 1.807) is 0 Å². The molecule has 1 heterocycles. The number of nitrogens with zero attached hydrogens (tertiary/aromatic N) is 1. The van der Waals surface area contributed by atoms with Crippen LogP contribution in [0.5, 0.6) is 0 Å². The third kappa shape index (κ3) is 3.00. The summed E-state index contributed by atoms with van der Waals surface area (Å²) in [6.07, 6.45) is 0. The SMILES string of the molecule is CC1(CBr)OC(c2ccccc2)=Nc2ccc(-c3ccccc3)cc21. The molecule has 0 amide bonds. The third-order valence-corrected chi connectivity index (χ3v) is 5.56. The summed E-state index contributed by atoms with van der Waals surface area (Å²) in [5, 5.41) is 0.692. The lowest BCUT2D eigenvalue weighted by molar-refractivity contribution is 0.0980. The zero-order chi connectivity index (χ0) is 17.3. The van der Waals surface area contributed by atoms with Gasteiger partial charge in [-0.3, -0.25) is 0 Å². The minimum absolute atomic E-state index is 0.465. The average Bonchev–Trinajstić information content (AvgIpc) is 2.69. The maximum atomic E-state index is 6.33. The van der Waals surface area contributed by atoms with Gasteiger partial charge in [0.2, 0.25) is 5.90 Å². The van der Waals surface area contributed by atoms with Crippen LogP contribution in [0, 0.1) is 0 Å². The van der Waals surface area contributed by atoms with Crippen molar-refractivity contribution in [2.24, 2.45) is 4.99 Å². The first-order valence-electron chi connectivity index (χ1n) is 8.29. The van der Waals surface area contributed by atoms with Crippen molar-refractivity contribution < 1.29 is 4.74 Å². The molecule has 1 aliphatic heterocycles. The maximum Gasteiger partial charge on any atom is 0.222 e. The Morgan fingerprint density at radius 1 is 0.840 bits per heavy atom. The number of benzene rings is 3. The van der Waals surface area contributed by atoms with E-state index < -0.39 is 5.60 Å². The van der Waals surface area contributed by atoms with Crippen molar-refractivity contribution >= 4 is 27.5 Å². The van der Waals surface area contributed by atoms with Crippen LogP contribution < -0.4 is 0 Å². The Morgan fingerprint density at radius 3 is 2.12 bits per heavy atom. The van der Waals surface area contributed by atoms with E-state index in [2.05, 4.69) is 65.3 Å². The van der Waals surface area contributed by atoms with E-state index in [9.17, 15) is 0 Å². The summed E-state index contributed by atoms with van der Waals surface area (Å²) >= 11 is 3.64. The van der Waals surface area contributed by atoms with Crippen molar-refractivity contribution in [3.63, 3.8) is 0 Å². The molecule has 0 saturated carbocycles. The molecule has 0 spiro atoms. The lowest BCUT2D eigenvalue weighted by Gasteiger charge is -2.34. The van der Waals surface area contributed by atoms with Gasteiger partial charge in [0, 0.05) is 16.5 Å². The Bertz CT molecular complexity index is 921. The van der Waals surface area contributed by atoms with Gasteiger partial charge in [0.15, 0.2) is 0 Å². The normalized spacial score (nSPS) is 18.9. The number of hydrogen-bond acceptors (Lipinski definition) is 2. The van der Waals surface area contributed by atoms with Crippen LogP contribution in [-0.4, -0.2) is 11.2 Å². The predicted molar refractivity (Wildman–Crippen MR) is 107 cm³/mol. The highest BCUT2D eigenvalue weighted by molar-refractivity contribution is 9.09. The van der Waals surface area contributed by atoms with Gasteiger partial charge in [-0.1, -0.05) is 70.5 Å². The number of fused-ring (bicyclic) bond motifs is 1. The summed E-state index contributed by atoms with van der Waals surface area (Å²) in [7, 11) is 0. The second-order valence-corrected chi connectivity index (χ2v) is 6.91. The second-order valence-electron chi connectivity index (χ2n) is 6.35. The van der Waals surface area contributed by atoms with Crippen LogP contribution in [0.2, 0.25) is 0 Å². The first-order valence-corrected chi connectivity index (χ1v) is 9.41. The monoisotopic (exact) mass is 391 g/mol. The molecule has 0 aromatic heterocycles. The van der Waals surface area contributed by atoms with Crippen molar-refractivity contribution in [1.29, 1.82) is 0 Å². The molecule has 0 bridgehead atoms. The number of rotatable bonds is 3. The highest BCUT2D eigenvalue weighted by Crippen LogP contribution is 2.41. The minimum Gasteiger partial charge on any atom is -0.465 e. The van der Waals surface area contributed by atoms with Gasteiger partial charge in [0.05, 0.1) is 5.69 Å². The summed E-state index contributed by atoms with van der Waals surface area (Å²) in [5.74, 6) is 0.669. The van der Waals surface area contributed by atoms with E-state index in [0.29, 0.717) is 11.2 Å². The van der Waals surface area contributed by atoms with E-state index in [1.807, 2.05) is 36.4 Å². The molecule has 3 heteroatoms. The van der Waals surface area contributed by atoms with Gasteiger partial charge >= 0.3 is 0 Å². The fourth-order valence-electron chi connectivity index (χ4n) is 3.07. The molecule has 3 aromatic rings. The lowest BCUT2D eigenvalue weighted by Crippen LogP contribution is -2.34. The van der Waals surface area contributed by atoms with Gasteiger partial charge in [0.1, 0.15) is 5.60 Å². The highest BCUT2D eigenvalue weighted by atomic mass is 79.9. The Kier molecular flexibility index (Phi) is 4.18. The van der Waals surface area contributed by atoms with Crippen molar-refractivity contribution in [2.75, 3.05) is 5.33 Å². The van der Waals surface area contributed by atoms with Crippen LogP contribution >= 0.6 is 15.9 Å². The minimum atomic E-state index is -0.465. The topological polar surface area (TPSA) is 21.6 Å². The summed E-state index contributed by atoms with van der Waals surface area (Å²) in [4.78, 5) is 4.77. The van der Waals surface area contributed by atoms with Crippen molar-refractivity contribution in [3.8, 4) is 11.1 Å². The first-order chi connectivity index (χ1) is 12.2. The number of halogens is 1. The molecule has 0 fully saturated rings. The summed E-state index contributed by atoms with van der Waals surface area (Å²) in [6.45, 7) is 2.10.